The Labute approximate surface area is 121 Å². The summed E-state index contributed by atoms with van der Waals surface area (Å²) in [6.07, 6.45) is 2.13. The van der Waals surface area contributed by atoms with Crippen LogP contribution in [0.1, 0.15) is 13.3 Å². The predicted molar refractivity (Wildman–Crippen MR) is 77.9 cm³/mol. The minimum atomic E-state index is -0.493. The molecule has 0 atom stereocenters. The molecule has 2 aromatic rings. The number of hydrogen-bond acceptors (Lipinski definition) is 5. The Hall–Kier alpha value is -2.21. The van der Waals surface area contributed by atoms with E-state index in [9.17, 15) is 10.1 Å². The normalized spacial score (nSPS) is 10.3. The molecule has 0 saturated heterocycles. The predicted octanol–water partition coefficient (Wildman–Crippen LogP) is 3.53. The van der Waals surface area contributed by atoms with Gasteiger partial charge in [0.25, 0.3) is 0 Å². The molecule has 7 heteroatoms. The van der Waals surface area contributed by atoms with Crippen LogP contribution in [0.2, 0.25) is 5.02 Å². The molecule has 20 heavy (non-hydrogen) atoms. The highest BCUT2D eigenvalue weighted by Gasteiger charge is 2.18. The standard InChI is InChI=1S/C13H13ClN4O2/c1-2-7-15-13-16-8-11(18(19)20)12(17-13)9-3-5-10(14)6-4-9/h3-6,8H,2,7H2,1H3,(H,15,16,17). The molecule has 1 aromatic heterocycles. The van der Waals surface area contributed by atoms with E-state index in [0.29, 0.717) is 23.1 Å². The van der Waals surface area contributed by atoms with Crippen LogP contribution in [0.25, 0.3) is 11.3 Å². The number of rotatable bonds is 5. The maximum Gasteiger partial charge on any atom is 0.313 e. The van der Waals surface area contributed by atoms with Gasteiger partial charge < -0.3 is 5.32 Å². The average molecular weight is 293 g/mol. The molecule has 0 unspecified atom stereocenters. The summed E-state index contributed by atoms with van der Waals surface area (Å²) in [6.45, 7) is 2.72. The summed E-state index contributed by atoms with van der Waals surface area (Å²) >= 11 is 5.82. The van der Waals surface area contributed by atoms with E-state index in [1.165, 1.54) is 6.20 Å². The molecule has 1 aromatic carbocycles. The number of halogens is 1. The van der Waals surface area contributed by atoms with Crippen molar-refractivity contribution in [2.75, 3.05) is 11.9 Å². The number of hydrogen-bond donors (Lipinski definition) is 1. The summed E-state index contributed by atoms with van der Waals surface area (Å²) in [5.74, 6) is 0.377. The lowest BCUT2D eigenvalue weighted by Gasteiger charge is -2.06. The molecule has 0 amide bonds. The van der Waals surface area contributed by atoms with E-state index in [2.05, 4.69) is 15.3 Å². The highest BCUT2D eigenvalue weighted by molar-refractivity contribution is 6.30. The van der Waals surface area contributed by atoms with Gasteiger partial charge in [0.2, 0.25) is 5.95 Å². The largest absolute Gasteiger partial charge is 0.354 e. The number of nitrogens with zero attached hydrogens (tertiary/aromatic N) is 3. The van der Waals surface area contributed by atoms with Gasteiger partial charge in [-0.25, -0.2) is 9.97 Å². The molecule has 0 fully saturated rings. The Bertz CT molecular complexity index is 616. The Balaban J connectivity index is 2.46. The van der Waals surface area contributed by atoms with Crippen molar-refractivity contribution in [3.63, 3.8) is 0 Å². The first-order valence-corrected chi connectivity index (χ1v) is 6.51. The van der Waals surface area contributed by atoms with Crippen molar-refractivity contribution in [3.05, 3.63) is 45.6 Å². The summed E-state index contributed by atoms with van der Waals surface area (Å²) in [7, 11) is 0. The first-order chi connectivity index (χ1) is 9.61. The van der Waals surface area contributed by atoms with Crippen molar-refractivity contribution < 1.29 is 4.92 Å². The molecule has 0 radical (unpaired) electrons. The van der Waals surface area contributed by atoms with Gasteiger partial charge >= 0.3 is 5.69 Å². The van der Waals surface area contributed by atoms with Crippen LogP contribution in [0.5, 0.6) is 0 Å². The van der Waals surface area contributed by atoms with Gasteiger partial charge in [0.1, 0.15) is 6.20 Å². The van der Waals surface area contributed by atoms with Crippen molar-refractivity contribution in [2.45, 2.75) is 13.3 Å². The molecule has 1 N–H and O–H groups in total. The highest BCUT2D eigenvalue weighted by atomic mass is 35.5. The van der Waals surface area contributed by atoms with Gasteiger partial charge in [-0.05, 0) is 18.6 Å². The van der Waals surface area contributed by atoms with Gasteiger partial charge in [-0.3, -0.25) is 10.1 Å². The van der Waals surface area contributed by atoms with Crippen LogP contribution < -0.4 is 5.32 Å². The zero-order valence-electron chi connectivity index (χ0n) is 10.8. The van der Waals surface area contributed by atoms with Crippen LogP contribution in [-0.4, -0.2) is 21.4 Å². The van der Waals surface area contributed by atoms with Crippen molar-refractivity contribution >= 4 is 23.2 Å². The van der Waals surface area contributed by atoms with Crippen molar-refractivity contribution in [1.82, 2.24) is 9.97 Å². The van der Waals surface area contributed by atoms with Gasteiger partial charge in [0.15, 0.2) is 5.69 Å². The summed E-state index contributed by atoms with van der Waals surface area (Å²) < 4.78 is 0. The fourth-order valence-electron chi connectivity index (χ4n) is 1.65. The molecule has 6 nitrogen and oxygen atoms in total. The molecule has 1 heterocycles. The lowest BCUT2D eigenvalue weighted by molar-refractivity contribution is -0.384. The summed E-state index contributed by atoms with van der Waals surface area (Å²) in [5.41, 5.74) is 0.776. The molecular weight excluding hydrogens is 280 g/mol. The van der Waals surface area contributed by atoms with E-state index in [0.717, 1.165) is 6.42 Å². The quantitative estimate of drug-likeness (QED) is 0.673. The van der Waals surface area contributed by atoms with E-state index >= 15 is 0 Å². The molecule has 0 spiro atoms. The molecule has 2 rings (SSSR count). The monoisotopic (exact) mass is 292 g/mol. The maximum atomic E-state index is 11.1. The van der Waals surface area contributed by atoms with E-state index in [-0.39, 0.29) is 11.4 Å². The highest BCUT2D eigenvalue weighted by Crippen LogP contribution is 2.28. The van der Waals surface area contributed by atoms with Crippen LogP contribution >= 0.6 is 11.6 Å². The van der Waals surface area contributed by atoms with E-state index in [1.54, 1.807) is 24.3 Å². The first kappa shape index (κ1) is 14.2. The number of nitrogens with one attached hydrogen (secondary N) is 1. The molecule has 104 valence electrons. The van der Waals surface area contributed by atoms with Gasteiger partial charge in [-0.15, -0.1) is 0 Å². The molecule has 0 bridgehead atoms. The molecule has 0 saturated carbocycles. The Kier molecular flexibility index (Phi) is 4.47. The molecule has 0 aliphatic carbocycles. The molecule has 0 aliphatic rings. The van der Waals surface area contributed by atoms with Crippen molar-refractivity contribution in [2.24, 2.45) is 0 Å². The van der Waals surface area contributed by atoms with E-state index in [1.807, 2.05) is 6.92 Å². The summed E-state index contributed by atoms with van der Waals surface area (Å²) in [6, 6.07) is 6.73. The van der Waals surface area contributed by atoms with Gasteiger partial charge in [-0.2, -0.15) is 0 Å². The zero-order valence-corrected chi connectivity index (χ0v) is 11.6. The Morgan fingerprint density at radius 2 is 2.05 bits per heavy atom. The summed E-state index contributed by atoms with van der Waals surface area (Å²) in [4.78, 5) is 18.7. The minimum Gasteiger partial charge on any atom is -0.354 e. The van der Waals surface area contributed by atoms with Crippen LogP contribution in [-0.2, 0) is 0 Å². The smallest absolute Gasteiger partial charge is 0.313 e. The Morgan fingerprint density at radius 1 is 1.35 bits per heavy atom. The van der Waals surface area contributed by atoms with E-state index < -0.39 is 4.92 Å². The second-order valence-electron chi connectivity index (χ2n) is 4.12. The van der Waals surface area contributed by atoms with Crippen molar-refractivity contribution in [3.8, 4) is 11.3 Å². The van der Waals surface area contributed by atoms with Crippen LogP contribution in [0.4, 0.5) is 11.6 Å². The molecule has 0 aliphatic heterocycles. The third kappa shape index (κ3) is 3.21. The van der Waals surface area contributed by atoms with Crippen LogP contribution in [0, 0.1) is 10.1 Å². The lowest BCUT2D eigenvalue weighted by atomic mass is 10.1. The Morgan fingerprint density at radius 3 is 2.65 bits per heavy atom. The van der Waals surface area contributed by atoms with Gasteiger partial charge in [0, 0.05) is 17.1 Å². The third-order valence-electron chi connectivity index (χ3n) is 2.62. The topological polar surface area (TPSA) is 81.0 Å². The number of aromatic nitrogens is 2. The van der Waals surface area contributed by atoms with Crippen LogP contribution in [0.3, 0.4) is 0 Å². The maximum absolute atomic E-state index is 11.1. The second kappa shape index (κ2) is 6.29. The fraction of sp³-hybridized carbons (Fsp3) is 0.231. The summed E-state index contributed by atoms with van der Waals surface area (Å²) in [5, 5.41) is 14.6. The number of benzene rings is 1. The number of anilines is 1. The van der Waals surface area contributed by atoms with Gasteiger partial charge in [0.05, 0.1) is 4.92 Å². The third-order valence-corrected chi connectivity index (χ3v) is 2.87. The zero-order chi connectivity index (χ0) is 14.5. The second-order valence-corrected chi connectivity index (χ2v) is 4.55. The SMILES string of the molecule is CCCNc1ncc([N+](=O)[O-])c(-c2ccc(Cl)cc2)n1. The van der Waals surface area contributed by atoms with Crippen LogP contribution in [0.15, 0.2) is 30.5 Å². The number of nitro groups is 1. The van der Waals surface area contributed by atoms with E-state index in [4.69, 9.17) is 11.6 Å². The molecular formula is C13H13ClN4O2. The first-order valence-electron chi connectivity index (χ1n) is 6.13. The minimum absolute atomic E-state index is 0.130. The van der Waals surface area contributed by atoms with Gasteiger partial charge in [-0.1, -0.05) is 30.7 Å². The lowest BCUT2D eigenvalue weighted by Crippen LogP contribution is -2.06. The fourth-order valence-corrected chi connectivity index (χ4v) is 1.78. The average Bonchev–Trinajstić information content (AvgIpc) is 2.45. The van der Waals surface area contributed by atoms with Crippen molar-refractivity contribution in [1.29, 1.82) is 0 Å².